The van der Waals surface area contributed by atoms with Crippen molar-refractivity contribution in [1.29, 1.82) is 0 Å². The van der Waals surface area contributed by atoms with E-state index in [2.05, 4.69) is 41.3 Å². The zero-order valence-electron chi connectivity index (χ0n) is 18.0. The lowest BCUT2D eigenvalue weighted by atomic mass is 9.98. The number of rotatable bonds is 5. The molecule has 0 spiro atoms. The summed E-state index contributed by atoms with van der Waals surface area (Å²) in [5.74, 6) is 0.660. The molecule has 4 nitrogen and oxygen atoms in total. The van der Waals surface area contributed by atoms with Gasteiger partial charge >= 0.3 is 0 Å². The summed E-state index contributed by atoms with van der Waals surface area (Å²) in [6.07, 6.45) is 0. The van der Waals surface area contributed by atoms with Crippen LogP contribution in [-0.4, -0.2) is 49.0 Å². The topological polar surface area (TPSA) is 32.8 Å². The van der Waals surface area contributed by atoms with Gasteiger partial charge in [0, 0.05) is 37.7 Å². The Morgan fingerprint density at radius 1 is 0.968 bits per heavy atom. The van der Waals surface area contributed by atoms with Crippen molar-refractivity contribution in [3.63, 3.8) is 0 Å². The molecule has 5 heteroatoms. The number of para-hydroxylation sites is 1. The SMILES string of the molecule is COc1ccccc1C(=O)N1CCN(Cc2ccccc2-c2ccc(C)c(Cl)c2)CC1. The first kappa shape index (κ1) is 21.4. The van der Waals surface area contributed by atoms with E-state index in [1.54, 1.807) is 7.11 Å². The Hall–Kier alpha value is -2.82. The molecule has 1 saturated heterocycles. The maximum Gasteiger partial charge on any atom is 0.257 e. The number of halogens is 1. The molecular formula is C26H27ClN2O2. The van der Waals surface area contributed by atoms with E-state index in [1.807, 2.05) is 42.2 Å². The number of piperazine rings is 1. The molecular weight excluding hydrogens is 408 g/mol. The van der Waals surface area contributed by atoms with Crippen molar-refractivity contribution in [3.05, 3.63) is 88.4 Å². The molecule has 0 bridgehead atoms. The highest BCUT2D eigenvalue weighted by molar-refractivity contribution is 6.31. The Bertz CT molecular complexity index is 1070. The number of hydrogen-bond acceptors (Lipinski definition) is 3. The molecule has 1 heterocycles. The number of nitrogens with zero attached hydrogens (tertiary/aromatic N) is 2. The van der Waals surface area contributed by atoms with Gasteiger partial charge in [-0.3, -0.25) is 9.69 Å². The molecule has 3 aromatic rings. The van der Waals surface area contributed by atoms with Gasteiger partial charge in [0.05, 0.1) is 12.7 Å². The summed E-state index contributed by atoms with van der Waals surface area (Å²) in [4.78, 5) is 17.3. The average Bonchev–Trinajstić information content (AvgIpc) is 2.81. The van der Waals surface area contributed by atoms with Gasteiger partial charge in [-0.1, -0.05) is 60.1 Å². The molecule has 160 valence electrons. The van der Waals surface area contributed by atoms with Crippen LogP contribution in [0, 0.1) is 6.92 Å². The quantitative estimate of drug-likeness (QED) is 0.547. The van der Waals surface area contributed by atoms with Crippen molar-refractivity contribution in [3.8, 4) is 16.9 Å². The second-order valence-corrected chi connectivity index (χ2v) is 8.30. The Balaban J connectivity index is 1.44. The first-order chi connectivity index (χ1) is 15.1. The van der Waals surface area contributed by atoms with Crippen molar-refractivity contribution in [2.75, 3.05) is 33.3 Å². The molecule has 31 heavy (non-hydrogen) atoms. The fourth-order valence-corrected chi connectivity index (χ4v) is 4.22. The molecule has 1 aliphatic heterocycles. The lowest BCUT2D eigenvalue weighted by molar-refractivity contribution is 0.0625. The summed E-state index contributed by atoms with van der Waals surface area (Å²) in [5.41, 5.74) is 5.32. The van der Waals surface area contributed by atoms with Gasteiger partial charge < -0.3 is 9.64 Å². The lowest BCUT2D eigenvalue weighted by Gasteiger charge is -2.35. The van der Waals surface area contributed by atoms with E-state index in [0.717, 1.165) is 35.8 Å². The van der Waals surface area contributed by atoms with Crippen molar-refractivity contribution in [2.24, 2.45) is 0 Å². The Morgan fingerprint density at radius 2 is 1.68 bits per heavy atom. The molecule has 3 aromatic carbocycles. The summed E-state index contributed by atoms with van der Waals surface area (Å²) < 4.78 is 5.36. The van der Waals surface area contributed by atoms with Crippen LogP contribution in [-0.2, 0) is 6.54 Å². The number of ether oxygens (including phenoxy) is 1. The second-order valence-electron chi connectivity index (χ2n) is 7.89. The fraction of sp³-hybridized carbons (Fsp3) is 0.269. The number of methoxy groups -OCH3 is 1. The minimum Gasteiger partial charge on any atom is -0.496 e. The van der Waals surface area contributed by atoms with Crippen LogP contribution in [0.5, 0.6) is 5.75 Å². The first-order valence-corrected chi connectivity index (χ1v) is 10.9. The number of amides is 1. The number of carbonyl (C=O) groups excluding carboxylic acids is 1. The number of benzene rings is 3. The molecule has 1 amide bonds. The maximum atomic E-state index is 13.0. The zero-order valence-corrected chi connectivity index (χ0v) is 18.7. The van der Waals surface area contributed by atoms with Crippen LogP contribution < -0.4 is 4.74 Å². The van der Waals surface area contributed by atoms with Gasteiger partial charge in [0.1, 0.15) is 5.75 Å². The van der Waals surface area contributed by atoms with Crippen LogP contribution in [0.15, 0.2) is 66.7 Å². The third-order valence-corrected chi connectivity index (χ3v) is 6.30. The number of hydrogen-bond donors (Lipinski definition) is 0. The number of carbonyl (C=O) groups is 1. The maximum absolute atomic E-state index is 13.0. The van der Waals surface area contributed by atoms with Crippen LogP contribution >= 0.6 is 11.6 Å². The molecule has 1 fully saturated rings. The van der Waals surface area contributed by atoms with Gasteiger partial charge in [0.2, 0.25) is 0 Å². The van der Waals surface area contributed by atoms with Gasteiger partial charge in [0.15, 0.2) is 0 Å². The van der Waals surface area contributed by atoms with Crippen molar-refractivity contribution in [2.45, 2.75) is 13.5 Å². The van der Waals surface area contributed by atoms with Crippen LogP contribution in [0.1, 0.15) is 21.5 Å². The molecule has 0 unspecified atom stereocenters. The van der Waals surface area contributed by atoms with Crippen molar-refractivity contribution < 1.29 is 9.53 Å². The largest absolute Gasteiger partial charge is 0.496 e. The molecule has 0 aromatic heterocycles. The van der Waals surface area contributed by atoms with Gasteiger partial charge in [-0.05, 0) is 47.4 Å². The fourth-order valence-electron chi connectivity index (χ4n) is 4.04. The second kappa shape index (κ2) is 9.54. The number of aryl methyl sites for hydroxylation is 1. The van der Waals surface area contributed by atoms with Gasteiger partial charge in [-0.2, -0.15) is 0 Å². The molecule has 0 N–H and O–H groups in total. The molecule has 0 aliphatic carbocycles. The monoisotopic (exact) mass is 434 g/mol. The third kappa shape index (κ3) is 4.76. The standard InChI is InChI=1S/C26H27ClN2O2/c1-19-11-12-20(17-24(19)27)22-8-4-3-7-21(22)18-28-13-15-29(16-14-28)26(30)23-9-5-6-10-25(23)31-2/h3-12,17H,13-16,18H2,1-2H3. The van der Waals surface area contributed by atoms with Crippen molar-refractivity contribution >= 4 is 17.5 Å². The molecule has 0 saturated carbocycles. The normalized spacial score (nSPS) is 14.5. The van der Waals surface area contributed by atoms with E-state index in [1.165, 1.54) is 11.1 Å². The predicted octanol–water partition coefficient (Wildman–Crippen LogP) is 5.28. The van der Waals surface area contributed by atoms with E-state index in [-0.39, 0.29) is 5.91 Å². The highest BCUT2D eigenvalue weighted by Gasteiger charge is 2.24. The minimum absolute atomic E-state index is 0.0341. The van der Waals surface area contributed by atoms with Crippen LogP contribution in [0.2, 0.25) is 5.02 Å². The highest BCUT2D eigenvalue weighted by atomic mass is 35.5. The summed E-state index contributed by atoms with van der Waals surface area (Å²) in [7, 11) is 1.60. The minimum atomic E-state index is 0.0341. The first-order valence-electron chi connectivity index (χ1n) is 10.6. The van der Waals surface area contributed by atoms with Gasteiger partial charge in [0.25, 0.3) is 5.91 Å². The van der Waals surface area contributed by atoms with E-state index in [0.29, 0.717) is 24.4 Å². The Labute approximate surface area is 189 Å². The molecule has 0 atom stereocenters. The van der Waals surface area contributed by atoms with Gasteiger partial charge in [-0.15, -0.1) is 0 Å². The molecule has 0 radical (unpaired) electrons. The van der Waals surface area contributed by atoms with Crippen LogP contribution in [0.25, 0.3) is 11.1 Å². The van der Waals surface area contributed by atoms with Crippen LogP contribution in [0.4, 0.5) is 0 Å². The van der Waals surface area contributed by atoms with Gasteiger partial charge in [-0.25, -0.2) is 0 Å². The Morgan fingerprint density at radius 3 is 2.42 bits per heavy atom. The summed E-state index contributed by atoms with van der Waals surface area (Å²) >= 11 is 6.37. The summed E-state index contributed by atoms with van der Waals surface area (Å²) in [6, 6.07) is 22.1. The van der Waals surface area contributed by atoms with E-state index in [9.17, 15) is 4.79 Å². The molecule has 1 aliphatic rings. The summed E-state index contributed by atoms with van der Waals surface area (Å²) in [6.45, 7) is 5.95. The smallest absolute Gasteiger partial charge is 0.257 e. The van der Waals surface area contributed by atoms with E-state index >= 15 is 0 Å². The predicted molar refractivity (Wildman–Crippen MR) is 126 cm³/mol. The third-order valence-electron chi connectivity index (χ3n) is 5.89. The van der Waals surface area contributed by atoms with E-state index < -0.39 is 0 Å². The van der Waals surface area contributed by atoms with E-state index in [4.69, 9.17) is 16.3 Å². The highest BCUT2D eigenvalue weighted by Crippen LogP contribution is 2.29. The van der Waals surface area contributed by atoms with Crippen LogP contribution in [0.3, 0.4) is 0 Å². The van der Waals surface area contributed by atoms with Crippen molar-refractivity contribution in [1.82, 2.24) is 9.80 Å². The summed E-state index contributed by atoms with van der Waals surface area (Å²) in [5, 5.41) is 0.788. The average molecular weight is 435 g/mol. The lowest BCUT2D eigenvalue weighted by Crippen LogP contribution is -2.48. The zero-order chi connectivity index (χ0) is 21.8. The Kier molecular flexibility index (Phi) is 6.59. The molecule has 4 rings (SSSR count).